The van der Waals surface area contributed by atoms with Gasteiger partial charge in [0.25, 0.3) is 5.91 Å². The number of aliphatic hydroxyl groups is 1. The molecule has 6 nitrogen and oxygen atoms in total. The van der Waals surface area contributed by atoms with Crippen molar-refractivity contribution in [2.45, 2.75) is 19.9 Å². The van der Waals surface area contributed by atoms with Crippen molar-refractivity contribution >= 4 is 61.6 Å². The van der Waals surface area contributed by atoms with Gasteiger partial charge in [-0.05, 0) is 80.1 Å². The molecule has 0 radical (unpaired) electrons. The molecular weight excluding hydrogens is 556 g/mol. The predicted molar refractivity (Wildman–Crippen MR) is 150 cm³/mol. The highest BCUT2D eigenvalue weighted by molar-refractivity contribution is 9.10. The second-order valence-corrected chi connectivity index (χ2v) is 10.1. The van der Waals surface area contributed by atoms with Gasteiger partial charge in [-0.25, -0.2) is 0 Å². The Kier molecular flexibility index (Phi) is 6.84. The van der Waals surface area contributed by atoms with E-state index in [-0.39, 0.29) is 11.3 Å². The van der Waals surface area contributed by atoms with Crippen LogP contribution in [-0.2, 0) is 4.79 Å². The van der Waals surface area contributed by atoms with Crippen LogP contribution in [0.25, 0.3) is 11.0 Å². The summed E-state index contributed by atoms with van der Waals surface area (Å²) in [5.74, 6) is -1.76. The summed E-state index contributed by atoms with van der Waals surface area (Å²) in [4.78, 5) is 30.8. The molecule has 1 aliphatic heterocycles. The lowest BCUT2D eigenvalue weighted by Gasteiger charge is -2.28. The predicted octanol–water partition coefficient (Wildman–Crippen LogP) is 7.48. The van der Waals surface area contributed by atoms with Crippen LogP contribution in [0.5, 0.6) is 0 Å². The summed E-state index contributed by atoms with van der Waals surface area (Å²) in [5, 5.41) is 12.3. The summed E-state index contributed by atoms with van der Waals surface area (Å²) >= 11 is 9.51. The van der Waals surface area contributed by atoms with Crippen molar-refractivity contribution in [2.75, 3.05) is 22.9 Å². The minimum absolute atomic E-state index is 0.0336. The number of halogens is 2. The maximum atomic E-state index is 13.8. The number of aliphatic hydroxyl groups excluding tert-OH is 1. The van der Waals surface area contributed by atoms with Crippen LogP contribution < -0.4 is 9.80 Å². The number of Topliss-reactive ketones (excluding diaryl/α,β-unsaturated/α-hetero) is 1. The van der Waals surface area contributed by atoms with Crippen molar-refractivity contribution in [3.8, 4) is 0 Å². The third kappa shape index (κ3) is 4.54. The number of hydrogen-bond donors (Lipinski definition) is 1. The molecule has 0 saturated carbocycles. The normalized spacial score (nSPS) is 15.6. The van der Waals surface area contributed by atoms with Crippen LogP contribution in [0.15, 0.2) is 93.0 Å². The quantitative estimate of drug-likeness (QED) is 0.230. The first-order valence-corrected chi connectivity index (χ1v) is 13.1. The molecule has 3 aromatic carbocycles. The van der Waals surface area contributed by atoms with Gasteiger partial charge in [-0.1, -0.05) is 39.7 Å². The summed E-state index contributed by atoms with van der Waals surface area (Å²) < 4.78 is 6.68. The Morgan fingerprint density at radius 1 is 1.03 bits per heavy atom. The molecule has 0 bridgehead atoms. The van der Waals surface area contributed by atoms with E-state index in [1.54, 1.807) is 36.4 Å². The van der Waals surface area contributed by atoms with Gasteiger partial charge in [0.05, 0.1) is 11.6 Å². The minimum Gasteiger partial charge on any atom is -0.503 e. The molecule has 2 heterocycles. The number of hydrogen-bond acceptors (Lipinski definition) is 5. The molecule has 1 atom stereocenters. The van der Waals surface area contributed by atoms with Gasteiger partial charge >= 0.3 is 0 Å². The smallest absolute Gasteiger partial charge is 0.294 e. The Morgan fingerprint density at radius 2 is 1.70 bits per heavy atom. The lowest BCUT2D eigenvalue weighted by Crippen LogP contribution is -2.31. The van der Waals surface area contributed by atoms with E-state index in [9.17, 15) is 14.7 Å². The van der Waals surface area contributed by atoms with Crippen LogP contribution in [0.1, 0.15) is 36.0 Å². The van der Waals surface area contributed by atoms with Gasteiger partial charge in [-0.2, -0.15) is 0 Å². The number of carbonyl (C=O) groups excluding carboxylic acids is 2. The first kappa shape index (κ1) is 25.1. The standard InChI is InChI=1S/C29H24BrClN2O4/c1-3-32(4-2)21-10-5-17(6-11-21)26-25(27(34)24-16-18-15-19(30)7-14-23(18)37-24)28(35)29(36)33(26)22-12-8-20(31)9-13-22/h5-16,26,35H,3-4H2,1-2H3. The molecule has 37 heavy (non-hydrogen) atoms. The van der Waals surface area contributed by atoms with Crippen LogP contribution in [0.2, 0.25) is 5.02 Å². The Morgan fingerprint density at radius 3 is 2.35 bits per heavy atom. The van der Waals surface area contributed by atoms with E-state index >= 15 is 0 Å². The first-order chi connectivity index (χ1) is 17.8. The largest absolute Gasteiger partial charge is 0.503 e. The molecule has 1 aromatic heterocycles. The number of rotatable bonds is 7. The van der Waals surface area contributed by atoms with Gasteiger partial charge < -0.3 is 14.4 Å². The highest BCUT2D eigenvalue weighted by Crippen LogP contribution is 2.43. The van der Waals surface area contributed by atoms with Gasteiger partial charge in [0.2, 0.25) is 5.78 Å². The maximum absolute atomic E-state index is 13.8. The topological polar surface area (TPSA) is 74.0 Å². The van der Waals surface area contributed by atoms with Crippen LogP contribution >= 0.6 is 27.5 Å². The summed E-state index contributed by atoms with van der Waals surface area (Å²) in [7, 11) is 0. The average molecular weight is 580 g/mol. The van der Waals surface area contributed by atoms with Crippen LogP contribution in [0.3, 0.4) is 0 Å². The number of fused-ring (bicyclic) bond motifs is 1. The van der Waals surface area contributed by atoms with Crippen molar-refractivity contribution in [3.63, 3.8) is 0 Å². The zero-order chi connectivity index (χ0) is 26.3. The van der Waals surface area contributed by atoms with Gasteiger partial charge in [-0.15, -0.1) is 0 Å². The minimum atomic E-state index is -0.855. The molecule has 5 rings (SSSR count). The SMILES string of the molecule is CCN(CC)c1ccc(C2C(C(=O)c3cc4cc(Br)ccc4o3)=C(O)C(=O)N2c2ccc(Cl)cc2)cc1. The Balaban J connectivity index is 1.62. The van der Waals surface area contributed by atoms with Gasteiger partial charge in [0.15, 0.2) is 11.5 Å². The molecule has 1 N–H and O–H groups in total. The zero-order valence-electron chi connectivity index (χ0n) is 20.2. The molecule has 8 heteroatoms. The van der Waals surface area contributed by atoms with E-state index in [1.807, 2.05) is 36.4 Å². The van der Waals surface area contributed by atoms with E-state index in [0.717, 1.165) is 28.6 Å². The number of anilines is 2. The summed E-state index contributed by atoms with van der Waals surface area (Å²) in [5.41, 5.74) is 2.72. The molecule has 4 aromatic rings. The maximum Gasteiger partial charge on any atom is 0.294 e. The second-order valence-electron chi connectivity index (χ2n) is 8.70. The van der Waals surface area contributed by atoms with Crippen LogP contribution in [0.4, 0.5) is 11.4 Å². The number of carbonyl (C=O) groups is 2. The first-order valence-electron chi connectivity index (χ1n) is 11.9. The fraction of sp³-hybridized carbons (Fsp3) is 0.172. The monoisotopic (exact) mass is 578 g/mol. The number of ketones is 1. The van der Waals surface area contributed by atoms with Crippen molar-refractivity contribution < 1.29 is 19.1 Å². The molecule has 1 unspecified atom stereocenters. The average Bonchev–Trinajstić information content (AvgIpc) is 3.44. The van der Waals surface area contributed by atoms with Crippen molar-refractivity contribution in [2.24, 2.45) is 0 Å². The lowest BCUT2D eigenvalue weighted by molar-refractivity contribution is -0.117. The highest BCUT2D eigenvalue weighted by atomic mass is 79.9. The molecule has 188 valence electrons. The third-order valence-corrected chi connectivity index (χ3v) is 7.34. The van der Waals surface area contributed by atoms with Crippen molar-refractivity contribution in [3.05, 3.63) is 105 Å². The van der Waals surface area contributed by atoms with Crippen molar-refractivity contribution in [1.82, 2.24) is 0 Å². The molecular formula is C29H24BrClN2O4. The Hall–Kier alpha value is -3.55. The number of nitrogens with zero attached hydrogens (tertiary/aromatic N) is 2. The highest BCUT2D eigenvalue weighted by Gasteiger charge is 2.45. The van der Waals surface area contributed by atoms with Gasteiger partial charge in [0.1, 0.15) is 5.58 Å². The Bertz CT molecular complexity index is 1520. The lowest BCUT2D eigenvalue weighted by atomic mass is 9.94. The fourth-order valence-electron chi connectivity index (χ4n) is 4.74. The van der Waals surface area contributed by atoms with E-state index < -0.39 is 23.5 Å². The van der Waals surface area contributed by atoms with E-state index in [2.05, 4.69) is 34.7 Å². The number of benzene rings is 3. The molecule has 1 amide bonds. The molecule has 0 saturated heterocycles. The second kappa shape index (κ2) is 10.1. The van der Waals surface area contributed by atoms with Gasteiger partial charge in [0, 0.05) is 39.3 Å². The summed E-state index contributed by atoms with van der Waals surface area (Å²) in [6.07, 6.45) is 0. The molecule has 0 spiro atoms. The van der Waals surface area contributed by atoms with E-state index in [1.165, 1.54) is 4.90 Å². The van der Waals surface area contributed by atoms with E-state index in [4.69, 9.17) is 16.0 Å². The molecule has 1 aliphatic rings. The van der Waals surface area contributed by atoms with Crippen LogP contribution in [0, 0.1) is 0 Å². The van der Waals surface area contributed by atoms with Gasteiger partial charge in [-0.3, -0.25) is 14.5 Å². The van der Waals surface area contributed by atoms with E-state index in [0.29, 0.717) is 21.9 Å². The molecule has 0 fully saturated rings. The molecule has 0 aliphatic carbocycles. The summed E-state index contributed by atoms with van der Waals surface area (Å²) in [6, 6.07) is 20.6. The third-order valence-electron chi connectivity index (χ3n) is 6.60. The number of amides is 1. The van der Waals surface area contributed by atoms with Crippen molar-refractivity contribution in [1.29, 1.82) is 0 Å². The Labute approximate surface area is 227 Å². The number of furan rings is 1. The summed E-state index contributed by atoms with van der Waals surface area (Å²) in [6.45, 7) is 5.86. The zero-order valence-corrected chi connectivity index (χ0v) is 22.6. The fourth-order valence-corrected chi connectivity index (χ4v) is 5.24. The van der Waals surface area contributed by atoms with Crippen LogP contribution in [-0.4, -0.2) is 29.9 Å².